The first-order chi connectivity index (χ1) is 12.1. The highest BCUT2D eigenvalue weighted by atomic mass is 16.2. The molecule has 0 spiro atoms. The first-order valence-corrected chi connectivity index (χ1v) is 8.95. The second kappa shape index (κ2) is 7.55. The van der Waals surface area contributed by atoms with Crippen molar-refractivity contribution in [3.63, 3.8) is 0 Å². The molecule has 0 saturated heterocycles. The quantitative estimate of drug-likeness (QED) is 0.894. The predicted molar refractivity (Wildman–Crippen MR) is 102 cm³/mol. The van der Waals surface area contributed by atoms with Crippen LogP contribution in [0.1, 0.15) is 37.4 Å². The molecule has 0 unspecified atom stereocenters. The van der Waals surface area contributed by atoms with Gasteiger partial charge >= 0.3 is 6.03 Å². The van der Waals surface area contributed by atoms with E-state index < -0.39 is 0 Å². The predicted octanol–water partition coefficient (Wildman–Crippen LogP) is 4.08. The van der Waals surface area contributed by atoms with Gasteiger partial charge in [-0.2, -0.15) is 0 Å². The number of rotatable bonds is 5. The maximum atomic E-state index is 12.7. The summed E-state index contributed by atoms with van der Waals surface area (Å²) in [6.07, 6.45) is 5.46. The number of hydrogen-bond acceptors (Lipinski definition) is 3. The van der Waals surface area contributed by atoms with Gasteiger partial charge in [0.2, 0.25) is 0 Å². The Morgan fingerprint density at radius 2 is 2.04 bits per heavy atom. The number of anilines is 2. The Kier molecular flexibility index (Phi) is 5.22. The minimum absolute atomic E-state index is 0.0320. The van der Waals surface area contributed by atoms with Crippen molar-refractivity contribution in [3.8, 4) is 0 Å². The van der Waals surface area contributed by atoms with Crippen LogP contribution in [0, 0.1) is 0 Å². The van der Waals surface area contributed by atoms with E-state index in [0.29, 0.717) is 0 Å². The van der Waals surface area contributed by atoms with Gasteiger partial charge in [0.1, 0.15) is 0 Å². The molecule has 5 nitrogen and oxygen atoms in total. The third-order valence-corrected chi connectivity index (χ3v) is 4.98. The molecule has 0 bridgehead atoms. The van der Waals surface area contributed by atoms with Crippen molar-refractivity contribution >= 4 is 17.4 Å². The maximum Gasteiger partial charge on any atom is 0.322 e. The van der Waals surface area contributed by atoms with Gasteiger partial charge in [0.15, 0.2) is 0 Å². The lowest BCUT2D eigenvalue weighted by molar-refractivity contribution is 0.202. The van der Waals surface area contributed by atoms with E-state index in [2.05, 4.69) is 41.2 Å². The zero-order valence-electron chi connectivity index (χ0n) is 15.2. The van der Waals surface area contributed by atoms with Crippen molar-refractivity contribution in [2.24, 2.45) is 0 Å². The Balaban J connectivity index is 1.73. The Labute approximate surface area is 149 Å². The van der Waals surface area contributed by atoms with Gasteiger partial charge in [-0.3, -0.25) is 4.98 Å². The highest BCUT2D eigenvalue weighted by Crippen LogP contribution is 2.31. The average Bonchev–Trinajstić information content (AvgIpc) is 3.05. The molecule has 25 heavy (non-hydrogen) atoms. The summed E-state index contributed by atoms with van der Waals surface area (Å²) in [4.78, 5) is 20.9. The van der Waals surface area contributed by atoms with E-state index in [0.717, 1.165) is 37.2 Å². The monoisotopic (exact) mass is 338 g/mol. The number of hydrogen-bond donors (Lipinski definition) is 1. The molecule has 2 heterocycles. The van der Waals surface area contributed by atoms with Gasteiger partial charge in [0.25, 0.3) is 0 Å². The number of fused-ring (bicyclic) bond motifs is 1. The smallest absolute Gasteiger partial charge is 0.322 e. The molecule has 2 amide bonds. The van der Waals surface area contributed by atoms with E-state index in [1.165, 1.54) is 11.3 Å². The summed E-state index contributed by atoms with van der Waals surface area (Å²) >= 11 is 0. The van der Waals surface area contributed by atoms with Crippen LogP contribution in [0.2, 0.25) is 0 Å². The van der Waals surface area contributed by atoms with Gasteiger partial charge in [-0.15, -0.1) is 0 Å². The molecule has 1 aromatic heterocycles. The molecule has 0 aliphatic carbocycles. The summed E-state index contributed by atoms with van der Waals surface area (Å²) in [5.74, 6) is 0. The summed E-state index contributed by atoms with van der Waals surface area (Å²) in [7, 11) is 1.84. The van der Waals surface area contributed by atoms with Crippen LogP contribution in [0.4, 0.5) is 16.2 Å². The fourth-order valence-electron chi connectivity index (χ4n) is 3.52. The molecule has 2 aromatic rings. The van der Waals surface area contributed by atoms with Crippen molar-refractivity contribution in [2.45, 2.75) is 32.7 Å². The van der Waals surface area contributed by atoms with Gasteiger partial charge in [0.05, 0.1) is 6.04 Å². The number of aromatic nitrogens is 1. The standard InChI is InChI=1S/C20H26N4O/c1-4-18(16-8-11-21-12-9-16)23(3)20(25)22-17-7-6-15-10-13-24(5-2)19(15)14-17/h6-9,11-12,14,18H,4-5,10,13H2,1-3H3,(H,22,25)/t18-/m0/s1. The minimum atomic E-state index is -0.0929. The van der Waals surface area contributed by atoms with Crippen LogP contribution in [-0.2, 0) is 6.42 Å². The lowest BCUT2D eigenvalue weighted by Crippen LogP contribution is -2.34. The molecule has 1 N–H and O–H groups in total. The number of urea groups is 1. The molecule has 132 valence electrons. The third kappa shape index (κ3) is 3.60. The molecule has 3 rings (SSSR count). The Bertz CT molecular complexity index is 732. The molecular weight excluding hydrogens is 312 g/mol. The summed E-state index contributed by atoms with van der Waals surface area (Å²) in [6.45, 7) is 6.30. The molecule has 5 heteroatoms. The second-order valence-corrected chi connectivity index (χ2v) is 6.42. The Hall–Kier alpha value is -2.56. The molecular formula is C20H26N4O. The number of benzene rings is 1. The number of pyridine rings is 1. The minimum Gasteiger partial charge on any atom is -0.371 e. The number of likely N-dealkylation sites (N-methyl/N-ethyl adjacent to an activating group) is 1. The molecule has 0 saturated carbocycles. The van der Waals surface area contributed by atoms with Gasteiger partial charge < -0.3 is 15.1 Å². The Morgan fingerprint density at radius 3 is 2.72 bits per heavy atom. The molecule has 1 aliphatic rings. The largest absolute Gasteiger partial charge is 0.371 e. The third-order valence-electron chi connectivity index (χ3n) is 4.98. The van der Waals surface area contributed by atoms with Crippen molar-refractivity contribution in [3.05, 3.63) is 53.9 Å². The molecule has 1 atom stereocenters. The van der Waals surface area contributed by atoms with E-state index in [1.807, 2.05) is 25.2 Å². The van der Waals surface area contributed by atoms with Crippen LogP contribution in [0.5, 0.6) is 0 Å². The maximum absolute atomic E-state index is 12.7. The topological polar surface area (TPSA) is 48.5 Å². The van der Waals surface area contributed by atoms with E-state index in [-0.39, 0.29) is 12.1 Å². The number of carbonyl (C=O) groups is 1. The molecule has 0 fully saturated rings. The summed E-state index contributed by atoms with van der Waals surface area (Å²) in [5, 5.41) is 3.05. The fraction of sp³-hybridized carbons (Fsp3) is 0.400. The lowest BCUT2D eigenvalue weighted by atomic mass is 10.1. The van der Waals surface area contributed by atoms with Crippen molar-refractivity contribution in [1.29, 1.82) is 0 Å². The Morgan fingerprint density at radius 1 is 1.28 bits per heavy atom. The molecule has 1 aromatic carbocycles. The summed E-state index contributed by atoms with van der Waals surface area (Å²) < 4.78 is 0. The normalized spacial score (nSPS) is 14.1. The number of carbonyl (C=O) groups excluding carboxylic acids is 1. The number of nitrogens with one attached hydrogen (secondary N) is 1. The fourth-order valence-corrected chi connectivity index (χ4v) is 3.52. The van der Waals surface area contributed by atoms with Gasteiger partial charge in [-0.1, -0.05) is 13.0 Å². The summed E-state index contributed by atoms with van der Waals surface area (Å²) in [6, 6.07) is 10.1. The van der Waals surface area contributed by atoms with Crippen LogP contribution in [0.15, 0.2) is 42.7 Å². The van der Waals surface area contributed by atoms with Crippen molar-refractivity contribution < 1.29 is 4.79 Å². The molecule has 0 radical (unpaired) electrons. The van der Waals surface area contributed by atoms with E-state index >= 15 is 0 Å². The highest BCUT2D eigenvalue weighted by Gasteiger charge is 2.22. The van der Waals surface area contributed by atoms with Gasteiger partial charge in [-0.05, 0) is 55.2 Å². The number of amides is 2. The van der Waals surface area contributed by atoms with E-state index in [4.69, 9.17) is 0 Å². The van der Waals surface area contributed by atoms with Gasteiger partial charge in [0, 0.05) is 43.9 Å². The van der Waals surface area contributed by atoms with Gasteiger partial charge in [-0.25, -0.2) is 4.79 Å². The SMILES string of the molecule is CC[C@@H](c1ccncc1)N(C)C(=O)Nc1ccc2c(c1)N(CC)CC2. The van der Waals surface area contributed by atoms with Crippen LogP contribution in [0.25, 0.3) is 0 Å². The van der Waals surface area contributed by atoms with Crippen LogP contribution >= 0.6 is 0 Å². The zero-order chi connectivity index (χ0) is 17.8. The van der Waals surface area contributed by atoms with E-state index in [9.17, 15) is 4.79 Å². The van der Waals surface area contributed by atoms with E-state index in [1.54, 1.807) is 17.3 Å². The highest BCUT2D eigenvalue weighted by molar-refractivity contribution is 5.90. The molecule has 1 aliphatic heterocycles. The summed E-state index contributed by atoms with van der Waals surface area (Å²) in [5.41, 5.74) is 4.54. The second-order valence-electron chi connectivity index (χ2n) is 6.42. The number of nitrogens with zero attached hydrogens (tertiary/aromatic N) is 3. The zero-order valence-corrected chi connectivity index (χ0v) is 15.2. The first kappa shape index (κ1) is 17.3. The van der Waals surface area contributed by atoms with Crippen molar-refractivity contribution in [1.82, 2.24) is 9.88 Å². The van der Waals surface area contributed by atoms with Crippen LogP contribution in [0.3, 0.4) is 0 Å². The van der Waals surface area contributed by atoms with Crippen LogP contribution in [-0.4, -0.2) is 36.1 Å². The van der Waals surface area contributed by atoms with Crippen LogP contribution < -0.4 is 10.2 Å². The average molecular weight is 338 g/mol. The lowest BCUT2D eigenvalue weighted by Gasteiger charge is -2.28. The first-order valence-electron chi connectivity index (χ1n) is 8.95. The van der Waals surface area contributed by atoms with Crippen molar-refractivity contribution in [2.75, 3.05) is 30.4 Å².